The largest absolute Gasteiger partial charge is 1.00 e. The van der Waals surface area contributed by atoms with E-state index >= 15 is 0 Å². The van der Waals surface area contributed by atoms with E-state index in [1.807, 2.05) is 0 Å². The molecular formula is C43H39Cl2Si2Zr. The zero-order chi connectivity index (χ0) is 31.0. The molecule has 0 amide bonds. The summed E-state index contributed by atoms with van der Waals surface area (Å²) in [6.45, 7) is 4.61. The van der Waals surface area contributed by atoms with Gasteiger partial charge >= 0.3 is 112 Å². The molecule has 237 valence electrons. The molecule has 1 heterocycles. The molecule has 0 saturated carbocycles. The Morgan fingerprint density at radius 3 is 2.17 bits per heavy atom. The number of benzene rings is 5. The molecular weight excluding hydrogens is 735 g/mol. The van der Waals surface area contributed by atoms with E-state index in [4.69, 9.17) is 0 Å². The Hall–Kier alpha value is -2.52. The fraction of sp³-hybridized carbons (Fsp3) is 0.209. The van der Waals surface area contributed by atoms with E-state index in [2.05, 4.69) is 141 Å². The van der Waals surface area contributed by atoms with Crippen LogP contribution in [0.2, 0.25) is 24.2 Å². The minimum absolute atomic E-state index is 0. The third-order valence-electron chi connectivity index (χ3n) is 10.2. The molecule has 2 radical (unpaired) electrons. The van der Waals surface area contributed by atoms with Gasteiger partial charge in [-0.25, -0.2) is 0 Å². The summed E-state index contributed by atoms with van der Waals surface area (Å²) in [5.74, 6) is 0.330. The van der Waals surface area contributed by atoms with E-state index in [9.17, 15) is 0 Å². The van der Waals surface area contributed by atoms with Gasteiger partial charge in [-0.1, -0.05) is 104 Å². The maximum absolute atomic E-state index is 2.52. The van der Waals surface area contributed by atoms with Crippen molar-refractivity contribution in [1.29, 1.82) is 0 Å². The molecule has 5 heteroatoms. The van der Waals surface area contributed by atoms with Crippen LogP contribution in [-0.2, 0) is 21.9 Å². The van der Waals surface area contributed by atoms with Crippen molar-refractivity contribution in [2.75, 3.05) is 0 Å². The van der Waals surface area contributed by atoms with E-state index in [0.717, 1.165) is 10.0 Å². The van der Waals surface area contributed by atoms with Crippen molar-refractivity contribution in [2.45, 2.75) is 54.0 Å². The molecule has 2 atom stereocenters. The van der Waals surface area contributed by atoms with E-state index in [-0.39, 0.29) is 52.1 Å². The number of rotatable bonds is 4. The summed E-state index contributed by atoms with van der Waals surface area (Å²) in [4.78, 5) is 0. The Bertz CT molecular complexity index is 2080. The van der Waals surface area contributed by atoms with Crippen molar-refractivity contribution in [3.05, 3.63) is 154 Å². The van der Waals surface area contributed by atoms with Gasteiger partial charge in [-0.2, -0.15) is 0 Å². The Balaban J connectivity index is 0.000000190. The molecule has 48 heavy (non-hydrogen) atoms. The maximum atomic E-state index is 2.52. The molecule has 4 aliphatic rings. The smallest absolute Gasteiger partial charge is 0.0314 e. The number of allylic oxidation sites excluding steroid dienone is 4. The standard InChI is InChI=1S/C30H24.C9H7.C4H8Si2.2ClH.Zr/c1-3-22-24-15-7-12-21-13-8-17-26(29(21)24)30(22)28-19(2)18-27-23(14-9-16-25(27)28)20-10-5-4-6-11-20;1-2-5-9-7-3-6-8(9)4-1;1-2-6-4-3-5-1;;;/h4-18,28H,3H2,1-2H3;1-7H;1-4H2;2*1H;/q;;;;;+2/p-2. The second-order valence-corrected chi connectivity index (χ2v) is 25.8. The fourth-order valence-corrected chi connectivity index (χ4v) is 27.1. The molecule has 1 aliphatic heterocycles. The van der Waals surface area contributed by atoms with E-state index in [1.54, 1.807) is 29.7 Å². The van der Waals surface area contributed by atoms with Crippen LogP contribution in [0.1, 0.15) is 63.2 Å². The van der Waals surface area contributed by atoms with Crippen LogP contribution in [0.15, 0.2) is 121 Å². The topological polar surface area (TPSA) is 0 Å². The van der Waals surface area contributed by atoms with Crippen molar-refractivity contribution in [3.8, 4) is 11.1 Å². The third kappa shape index (κ3) is 6.55. The Kier molecular flexibility index (Phi) is 11.5. The Morgan fingerprint density at radius 2 is 1.40 bits per heavy atom. The number of hydrogen-bond donors (Lipinski definition) is 0. The van der Waals surface area contributed by atoms with Crippen molar-refractivity contribution >= 4 is 49.0 Å². The van der Waals surface area contributed by atoms with E-state index in [1.165, 1.54) is 76.0 Å². The van der Waals surface area contributed by atoms with Gasteiger partial charge in [0.05, 0.1) is 0 Å². The van der Waals surface area contributed by atoms with E-state index in [0.29, 0.717) is 5.92 Å². The summed E-state index contributed by atoms with van der Waals surface area (Å²) >= 11 is -0.146. The predicted octanol–water partition coefficient (Wildman–Crippen LogP) is 5.73. The van der Waals surface area contributed by atoms with Gasteiger partial charge in [0.1, 0.15) is 0 Å². The molecule has 5 aromatic carbocycles. The van der Waals surface area contributed by atoms with Gasteiger partial charge in [0.15, 0.2) is 0 Å². The van der Waals surface area contributed by atoms with Crippen molar-refractivity contribution < 1.29 is 46.7 Å². The monoisotopic (exact) mass is 771 g/mol. The molecule has 3 aliphatic carbocycles. The van der Waals surface area contributed by atoms with Gasteiger partial charge in [0.25, 0.3) is 0 Å². The van der Waals surface area contributed by atoms with Crippen molar-refractivity contribution in [1.82, 2.24) is 0 Å². The van der Waals surface area contributed by atoms with Gasteiger partial charge in [-0.15, -0.1) is 0 Å². The normalized spacial score (nSPS) is 18.2. The second kappa shape index (κ2) is 15.6. The summed E-state index contributed by atoms with van der Waals surface area (Å²) in [5.41, 5.74) is 16.1. The minimum Gasteiger partial charge on any atom is -1.00 e. The number of halogens is 2. The first-order valence-electron chi connectivity index (χ1n) is 16.9. The zero-order valence-electron chi connectivity index (χ0n) is 27.6. The first-order chi connectivity index (χ1) is 22.7. The summed E-state index contributed by atoms with van der Waals surface area (Å²) in [5, 5.41) is 2.79. The van der Waals surface area contributed by atoms with Gasteiger partial charge in [-0.05, 0) is 68.6 Å². The molecule has 1 saturated heterocycles. The average Bonchev–Trinajstić information content (AvgIpc) is 3.77. The zero-order valence-corrected chi connectivity index (χ0v) is 33.5. The van der Waals surface area contributed by atoms with Crippen molar-refractivity contribution in [3.63, 3.8) is 0 Å². The van der Waals surface area contributed by atoms with Crippen LogP contribution >= 0.6 is 0 Å². The van der Waals surface area contributed by atoms with Gasteiger partial charge < -0.3 is 24.8 Å². The molecule has 0 nitrogen and oxygen atoms in total. The molecule has 0 bridgehead atoms. The first kappa shape index (κ1) is 35.3. The minimum atomic E-state index is -0.146. The van der Waals surface area contributed by atoms with Crippen molar-refractivity contribution in [2.24, 2.45) is 0 Å². The molecule has 1 fully saturated rings. The molecule has 0 spiro atoms. The summed E-state index contributed by atoms with van der Waals surface area (Å²) < 4.78 is 0.926. The van der Waals surface area contributed by atoms with Crippen LogP contribution in [0.5, 0.6) is 0 Å². The summed E-state index contributed by atoms with van der Waals surface area (Å²) in [6, 6.07) is 46.7. The fourth-order valence-electron chi connectivity index (χ4n) is 8.11. The Morgan fingerprint density at radius 1 is 0.729 bits per heavy atom. The predicted molar refractivity (Wildman–Crippen MR) is 198 cm³/mol. The van der Waals surface area contributed by atoms with E-state index < -0.39 is 0 Å². The SMILES string of the molecule is C1=C[CH]([Zr+2]=[Si]2CC[Si]CC2)c2ccccc21.CCC1=C(C2C(C)=Cc3c(-c4ccccc4)cccc32)c2cccc3cccc1c23.[Cl-].[Cl-]. The molecule has 5 aromatic rings. The van der Waals surface area contributed by atoms with Crippen LogP contribution in [0.4, 0.5) is 0 Å². The van der Waals surface area contributed by atoms with Gasteiger partial charge in [0, 0.05) is 5.92 Å². The summed E-state index contributed by atoms with van der Waals surface area (Å²) in [6.07, 6.45) is 8.37. The van der Waals surface area contributed by atoms with Crippen LogP contribution in [-0.4, -0.2) is 15.0 Å². The third-order valence-corrected chi connectivity index (χ3v) is 25.1. The number of hydrogen-bond acceptors (Lipinski definition) is 0. The Labute approximate surface area is 312 Å². The molecule has 0 N–H and O–H groups in total. The molecule has 2 unspecified atom stereocenters. The van der Waals surface area contributed by atoms with Crippen LogP contribution in [0.25, 0.3) is 45.2 Å². The van der Waals surface area contributed by atoms with Gasteiger partial charge in [0.2, 0.25) is 0 Å². The van der Waals surface area contributed by atoms with Crippen LogP contribution in [0.3, 0.4) is 0 Å². The first-order valence-corrected chi connectivity index (χ1v) is 25.4. The van der Waals surface area contributed by atoms with Gasteiger partial charge in [-0.3, -0.25) is 0 Å². The molecule has 0 aromatic heterocycles. The van der Waals surface area contributed by atoms with Crippen LogP contribution in [0, 0.1) is 0 Å². The summed E-state index contributed by atoms with van der Waals surface area (Å²) in [7, 11) is 1.30. The molecule has 9 rings (SSSR count). The maximum Gasteiger partial charge on any atom is 0.0314 e. The quantitative estimate of drug-likeness (QED) is 0.205. The van der Waals surface area contributed by atoms with Crippen LogP contribution < -0.4 is 24.8 Å². The second-order valence-electron chi connectivity index (χ2n) is 12.9. The average molecular weight is 774 g/mol. The number of fused-ring (bicyclic) bond motifs is 2.